The standard InChI is InChI=1S/C23H35N5O/c1-4-21(29)17-7-23(8-17)9-20(10-23)27(3)13-16-11-24-22(25-12-16)28-18-5-6-19(28)15-26(2)14-18/h11-12,17-20H,4-10,13-15H2,1-3H3. The van der Waals surface area contributed by atoms with Gasteiger partial charge in [-0.1, -0.05) is 6.92 Å². The first-order valence-corrected chi connectivity index (χ1v) is 11.5. The molecule has 2 atom stereocenters. The molecule has 3 heterocycles. The van der Waals surface area contributed by atoms with Crippen molar-refractivity contribution in [3.63, 3.8) is 0 Å². The molecule has 4 aliphatic rings. The van der Waals surface area contributed by atoms with Crippen LogP contribution in [-0.2, 0) is 11.3 Å². The molecule has 1 aromatic rings. The van der Waals surface area contributed by atoms with E-state index in [1.54, 1.807) is 0 Å². The first kappa shape index (κ1) is 19.4. The molecule has 0 radical (unpaired) electrons. The molecular formula is C23H35N5O. The number of hydrogen-bond acceptors (Lipinski definition) is 6. The van der Waals surface area contributed by atoms with E-state index in [1.165, 1.54) is 31.2 Å². The molecule has 1 spiro atoms. The molecule has 2 saturated carbocycles. The molecule has 1 aromatic heterocycles. The Kier molecular flexibility index (Phi) is 4.90. The van der Waals surface area contributed by atoms with Crippen LogP contribution in [0.3, 0.4) is 0 Å². The summed E-state index contributed by atoms with van der Waals surface area (Å²) in [4.78, 5) is 28.7. The number of rotatable bonds is 6. The van der Waals surface area contributed by atoms with Gasteiger partial charge in [-0.25, -0.2) is 9.97 Å². The smallest absolute Gasteiger partial charge is 0.225 e. The van der Waals surface area contributed by atoms with Gasteiger partial charge in [0.2, 0.25) is 5.95 Å². The number of fused-ring (bicyclic) bond motifs is 2. The fourth-order valence-corrected chi connectivity index (χ4v) is 6.51. The summed E-state index contributed by atoms with van der Waals surface area (Å²) in [6.45, 7) is 5.15. The van der Waals surface area contributed by atoms with Gasteiger partial charge >= 0.3 is 0 Å². The van der Waals surface area contributed by atoms with E-state index < -0.39 is 0 Å². The Hall–Kier alpha value is -1.53. The highest BCUT2D eigenvalue weighted by molar-refractivity contribution is 5.81. The molecule has 0 aromatic carbocycles. The summed E-state index contributed by atoms with van der Waals surface area (Å²) in [5.41, 5.74) is 1.68. The van der Waals surface area contributed by atoms with Crippen molar-refractivity contribution in [2.45, 2.75) is 76.5 Å². The zero-order chi connectivity index (χ0) is 20.2. The van der Waals surface area contributed by atoms with Gasteiger partial charge in [0.25, 0.3) is 0 Å². The summed E-state index contributed by atoms with van der Waals surface area (Å²) in [7, 11) is 4.44. The van der Waals surface area contributed by atoms with Crippen molar-refractivity contribution >= 4 is 11.7 Å². The van der Waals surface area contributed by atoms with Crippen LogP contribution in [0.15, 0.2) is 12.4 Å². The molecule has 0 amide bonds. The van der Waals surface area contributed by atoms with Crippen LogP contribution in [0, 0.1) is 11.3 Å². The molecule has 29 heavy (non-hydrogen) atoms. The van der Waals surface area contributed by atoms with Crippen molar-refractivity contribution in [3.05, 3.63) is 18.0 Å². The SMILES string of the molecule is CCC(=O)C1CC2(C1)CC(N(C)Cc1cnc(N3C4CCC3CN(C)C4)nc1)C2. The Morgan fingerprint density at radius 3 is 2.34 bits per heavy atom. The Morgan fingerprint density at radius 1 is 1.14 bits per heavy atom. The second-order valence-corrected chi connectivity index (χ2v) is 10.3. The van der Waals surface area contributed by atoms with Crippen LogP contribution in [0.1, 0.15) is 57.4 Å². The van der Waals surface area contributed by atoms with Crippen molar-refractivity contribution in [3.8, 4) is 0 Å². The van der Waals surface area contributed by atoms with E-state index in [2.05, 4.69) is 28.8 Å². The second kappa shape index (κ2) is 7.31. The Balaban J connectivity index is 1.13. The van der Waals surface area contributed by atoms with Crippen LogP contribution in [0.4, 0.5) is 5.95 Å². The summed E-state index contributed by atoms with van der Waals surface area (Å²) in [5, 5.41) is 0. The maximum atomic E-state index is 11.9. The van der Waals surface area contributed by atoms with Gasteiger partial charge in [0, 0.05) is 68.1 Å². The van der Waals surface area contributed by atoms with Gasteiger partial charge in [0.1, 0.15) is 5.78 Å². The summed E-state index contributed by atoms with van der Waals surface area (Å²) < 4.78 is 0. The number of carbonyl (C=O) groups is 1. The number of nitrogens with zero attached hydrogens (tertiary/aromatic N) is 5. The number of carbonyl (C=O) groups excluding carboxylic acids is 1. The van der Waals surface area contributed by atoms with Gasteiger partial charge < -0.3 is 9.80 Å². The molecule has 2 saturated heterocycles. The zero-order valence-electron chi connectivity index (χ0n) is 18.2. The minimum atomic E-state index is 0.358. The quantitative estimate of drug-likeness (QED) is 0.736. The summed E-state index contributed by atoms with van der Waals surface area (Å²) >= 11 is 0. The van der Waals surface area contributed by atoms with Crippen LogP contribution in [0.5, 0.6) is 0 Å². The molecule has 2 unspecified atom stereocenters. The van der Waals surface area contributed by atoms with Crippen LogP contribution < -0.4 is 4.90 Å². The van der Waals surface area contributed by atoms with Crippen LogP contribution in [0.2, 0.25) is 0 Å². The molecule has 2 aliphatic heterocycles. The molecular weight excluding hydrogens is 362 g/mol. The van der Waals surface area contributed by atoms with Crippen LogP contribution in [0.25, 0.3) is 0 Å². The highest BCUT2D eigenvalue weighted by Gasteiger charge is 2.54. The fourth-order valence-electron chi connectivity index (χ4n) is 6.51. The van der Waals surface area contributed by atoms with Gasteiger partial charge in [0.05, 0.1) is 0 Å². The molecule has 6 nitrogen and oxygen atoms in total. The van der Waals surface area contributed by atoms with Crippen LogP contribution in [-0.4, -0.2) is 70.9 Å². The Bertz CT molecular complexity index is 737. The second-order valence-electron chi connectivity index (χ2n) is 10.3. The number of hydrogen-bond donors (Lipinski definition) is 0. The van der Waals surface area contributed by atoms with Gasteiger partial charge in [-0.15, -0.1) is 0 Å². The van der Waals surface area contributed by atoms with Crippen molar-refractivity contribution in [1.82, 2.24) is 19.8 Å². The predicted molar refractivity (Wildman–Crippen MR) is 114 cm³/mol. The topological polar surface area (TPSA) is 52.6 Å². The Labute approximate surface area is 174 Å². The third-order valence-electron chi connectivity index (χ3n) is 8.14. The fraction of sp³-hybridized carbons (Fsp3) is 0.783. The molecule has 6 heteroatoms. The third kappa shape index (κ3) is 3.48. The van der Waals surface area contributed by atoms with E-state index in [1.807, 2.05) is 19.3 Å². The number of Topliss-reactive ketones (excluding diaryl/α,β-unsaturated/α-hetero) is 1. The van der Waals surface area contributed by atoms with Crippen molar-refractivity contribution in [2.24, 2.45) is 11.3 Å². The van der Waals surface area contributed by atoms with Crippen LogP contribution >= 0.6 is 0 Å². The number of piperazine rings is 1. The number of likely N-dealkylation sites (N-methyl/N-ethyl adjacent to an activating group) is 1. The lowest BCUT2D eigenvalue weighted by atomic mass is 9.49. The zero-order valence-corrected chi connectivity index (χ0v) is 18.2. The first-order valence-electron chi connectivity index (χ1n) is 11.5. The summed E-state index contributed by atoms with van der Waals surface area (Å²) in [5.74, 6) is 1.75. The predicted octanol–water partition coefficient (Wildman–Crippen LogP) is 2.73. The van der Waals surface area contributed by atoms with E-state index in [0.29, 0.717) is 41.7 Å². The Morgan fingerprint density at radius 2 is 1.76 bits per heavy atom. The lowest BCUT2D eigenvalue weighted by molar-refractivity contribution is -0.140. The van der Waals surface area contributed by atoms with E-state index in [9.17, 15) is 4.79 Å². The monoisotopic (exact) mass is 397 g/mol. The number of likely N-dealkylation sites (tertiary alicyclic amines) is 1. The molecule has 2 aliphatic carbocycles. The molecule has 158 valence electrons. The largest absolute Gasteiger partial charge is 0.332 e. The normalized spacial score (nSPS) is 36.3. The van der Waals surface area contributed by atoms with Crippen molar-refractivity contribution in [1.29, 1.82) is 0 Å². The highest BCUT2D eigenvalue weighted by Crippen LogP contribution is 2.60. The number of ketones is 1. The van der Waals surface area contributed by atoms with E-state index >= 15 is 0 Å². The average Bonchev–Trinajstić information content (AvgIpc) is 2.91. The van der Waals surface area contributed by atoms with Gasteiger partial charge in [-0.05, 0) is 58.0 Å². The van der Waals surface area contributed by atoms with Crippen molar-refractivity contribution < 1.29 is 4.79 Å². The average molecular weight is 398 g/mol. The summed E-state index contributed by atoms with van der Waals surface area (Å²) in [6.07, 6.45) is 12.1. The van der Waals surface area contributed by atoms with Crippen molar-refractivity contribution in [2.75, 3.05) is 32.1 Å². The molecule has 2 bridgehead atoms. The molecule has 5 rings (SSSR count). The van der Waals surface area contributed by atoms with E-state index in [4.69, 9.17) is 9.97 Å². The minimum absolute atomic E-state index is 0.358. The van der Waals surface area contributed by atoms with Gasteiger partial charge in [-0.3, -0.25) is 9.69 Å². The summed E-state index contributed by atoms with van der Waals surface area (Å²) in [6, 6.07) is 1.79. The maximum absolute atomic E-state index is 11.9. The molecule has 0 N–H and O–H groups in total. The van der Waals surface area contributed by atoms with Gasteiger partial charge in [-0.2, -0.15) is 0 Å². The minimum Gasteiger partial charge on any atom is -0.332 e. The number of aromatic nitrogens is 2. The number of anilines is 1. The van der Waals surface area contributed by atoms with E-state index in [0.717, 1.165) is 38.4 Å². The lowest BCUT2D eigenvalue weighted by Gasteiger charge is -2.59. The first-order chi connectivity index (χ1) is 14.0. The van der Waals surface area contributed by atoms with Gasteiger partial charge in [0.15, 0.2) is 0 Å². The third-order valence-corrected chi connectivity index (χ3v) is 8.14. The van der Waals surface area contributed by atoms with E-state index in [-0.39, 0.29) is 0 Å². The molecule has 4 fully saturated rings. The maximum Gasteiger partial charge on any atom is 0.225 e. The highest BCUT2D eigenvalue weighted by atomic mass is 16.1. The lowest BCUT2D eigenvalue weighted by Crippen LogP contribution is -2.56.